The minimum Gasteiger partial charge on any atom is -0.309 e. The first-order chi connectivity index (χ1) is 51.9. The second kappa shape index (κ2) is 21.7. The van der Waals surface area contributed by atoms with Crippen molar-refractivity contribution in [3.8, 4) is 67.5 Å². The van der Waals surface area contributed by atoms with E-state index in [1.807, 2.05) is 55.4 Å². The molecular formula is C90H54N12. The van der Waals surface area contributed by atoms with Crippen molar-refractivity contribution in [1.82, 2.24) is 57.3 Å². The lowest BCUT2D eigenvalue weighted by Gasteiger charge is -2.15. The fraction of sp³-hybridized carbons (Fsp3) is 0. The molecule has 0 radical (unpaired) electrons. The normalized spacial score (nSPS) is 12.5. The fourth-order valence-electron chi connectivity index (χ4n) is 16.3. The zero-order chi connectivity index (χ0) is 69.3. The number of hydrogen-bond acceptors (Lipinski definition) is 6. The Kier molecular flexibility index (Phi) is 11.3. The van der Waals surface area contributed by atoms with Crippen LogP contribution in [0, 0.1) is 0 Å². The van der Waals surface area contributed by atoms with Gasteiger partial charge in [-0.2, -0.15) is 0 Å². The Hall–Kier alpha value is -14.1. The second-order valence-electron chi connectivity index (χ2n) is 26.2. The zero-order valence-corrected chi connectivity index (χ0v) is 54.3. The molecule has 22 aromatic rings. The Bertz CT molecular complexity index is 6690. The number of nitrogens with zero attached hydrogens (tertiary/aromatic N) is 12. The van der Waals surface area contributed by atoms with Gasteiger partial charge in [0.05, 0.1) is 125 Å². The highest BCUT2D eigenvalue weighted by molar-refractivity contribution is 6.22. The summed E-state index contributed by atoms with van der Waals surface area (Å²) in [5, 5.41) is 12.4. The molecule has 12 nitrogen and oxygen atoms in total. The lowest BCUT2D eigenvalue weighted by Crippen LogP contribution is -1.97. The zero-order valence-electron chi connectivity index (χ0n) is 57.3. The SMILES string of the molecule is [2H]c1c2c(cc3c4ccccc4n(-c4cncnc4)c13)c1ccccc1n2-c1ccc(-c2cc(-c3ccc(-n4c5ccccc5c5cc6c7ccccc7n(-c7cncnc7)c6c([2H])c54)cc3)cc(-c3ccc(-n4c5ccccc5c5cc6c7ccccc7n(-c7cncnc7)c6c([2H])c54)cc3)c2)cc1. The molecule has 0 atom stereocenters. The first-order valence-corrected chi connectivity index (χ1v) is 34.0. The Morgan fingerprint density at radius 2 is 0.373 bits per heavy atom. The number of para-hydroxylation sites is 6. The average molecular weight is 1310 g/mol. The Labute approximate surface area is 585 Å². The van der Waals surface area contributed by atoms with Crippen LogP contribution in [0.3, 0.4) is 0 Å². The summed E-state index contributed by atoms with van der Waals surface area (Å²) in [6, 6.07) is 91.6. The summed E-state index contributed by atoms with van der Waals surface area (Å²) in [5.74, 6) is 0. The van der Waals surface area contributed by atoms with Gasteiger partial charge in [0.15, 0.2) is 0 Å². The van der Waals surface area contributed by atoms with Crippen molar-refractivity contribution in [2.75, 3.05) is 0 Å². The molecule has 0 saturated heterocycles. The fourth-order valence-corrected chi connectivity index (χ4v) is 16.3. The minimum absolute atomic E-state index is 0.410. The van der Waals surface area contributed by atoms with Gasteiger partial charge in [-0.05, 0) is 161 Å². The lowest BCUT2D eigenvalue weighted by molar-refractivity contribution is 1.07. The predicted molar refractivity (Wildman–Crippen MR) is 416 cm³/mol. The topological polar surface area (TPSA) is 107 Å². The van der Waals surface area contributed by atoms with Crippen LogP contribution in [0.2, 0.25) is 0 Å². The monoisotopic (exact) mass is 1310 g/mol. The molecule has 0 aliphatic heterocycles. The van der Waals surface area contributed by atoms with Crippen molar-refractivity contribution >= 4 is 131 Å². The maximum Gasteiger partial charge on any atom is 0.115 e. The van der Waals surface area contributed by atoms with Crippen molar-refractivity contribution in [3.63, 3.8) is 0 Å². The van der Waals surface area contributed by atoms with Gasteiger partial charge < -0.3 is 27.4 Å². The molecular weight excluding hydrogens is 1250 g/mol. The Morgan fingerprint density at radius 3 is 0.588 bits per heavy atom. The molecule has 0 N–H and O–H groups in total. The summed E-state index contributed by atoms with van der Waals surface area (Å²) < 4.78 is 44.0. The molecule has 22 rings (SSSR count). The standard InChI is InChI=1S/C90H54N12/c1-7-19-79-67(13-1)73-40-76-70-16-4-10-22-82(70)100(64-46-91-52-92-47-64)88(76)43-85(73)97(79)61-31-25-55(26-32-61)58-37-59(56-27-33-62(34-28-56)98-80-20-8-2-14-68(80)74-41-77-71-17-5-11-23-83(71)101(89(77)44-86(74)98)65-48-93-53-94-49-65)39-60(38-58)57-29-35-63(36-30-57)99-81-21-9-3-15-69(81)75-42-78-72-18-6-12-24-84(72)102(90(78)45-87(75)99)66-50-95-54-96-51-66/h1-54H/i43D,44D,45D. The molecule has 0 aliphatic carbocycles. The van der Waals surface area contributed by atoms with Crippen LogP contribution in [0.1, 0.15) is 4.11 Å². The van der Waals surface area contributed by atoms with Gasteiger partial charge in [0, 0.05) is 81.7 Å². The van der Waals surface area contributed by atoms with Gasteiger partial charge in [-0.25, -0.2) is 29.9 Å². The van der Waals surface area contributed by atoms with Crippen molar-refractivity contribution in [2.24, 2.45) is 0 Å². The molecule has 13 aromatic carbocycles. The number of fused-ring (bicyclic) bond motifs is 18. The molecule has 474 valence electrons. The highest BCUT2D eigenvalue weighted by atomic mass is 15.1. The molecule has 0 bridgehead atoms. The number of benzene rings is 13. The molecule has 9 aromatic heterocycles. The van der Waals surface area contributed by atoms with E-state index in [0.717, 1.165) is 198 Å². The van der Waals surface area contributed by atoms with Crippen LogP contribution in [0.15, 0.2) is 329 Å². The highest BCUT2D eigenvalue weighted by Crippen LogP contribution is 2.45. The van der Waals surface area contributed by atoms with Gasteiger partial charge in [-0.15, -0.1) is 0 Å². The van der Waals surface area contributed by atoms with E-state index in [-0.39, 0.29) is 0 Å². The number of rotatable bonds is 9. The number of hydrogen-bond donors (Lipinski definition) is 0. The predicted octanol–water partition coefficient (Wildman–Crippen LogP) is 21.6. The van der Waals surface area contributed by atoms with E-state index in [9.17, 15) is 4.11 Å². The number of aromatic nitrogens is 12. The van der Waals surface area contributed by atoms with Gasteiger partial charge >= 0.3 is 0 Å². The van der Waals surface area contributed by atoms with Crippen molar-refractivity contribution in [1.29, 1.82) is 0 Å². The summed E-state index contributed by atoms with van der Waals surface area (Å²) >= 11 is 0. The third kappa shape index (κ3) is 8.25. The van der Waals surface area contributed by atoms with Gasteiger partial charge in [-0.3, -0.25) is 0 Å². The first-order valence-electron chi connectivity index (χ1n) is 35.5. The summed E-state index contributed by atoms with van der Waals surface area (Å²) in [6.07, 6.45) is 15.5. The van der Waals surface area contributed by atoms with Crippen molar-refractivity contribution in [2.45, 2.75) is 0 Å². The van der Waals surface area contributed by atoms with Gasteiger partial charge in [0.2, 0.25) is 0 Å². The van der Waals surface area contributed by atoms with Crippen molar-refractivity contribution < 1.29 is 4.11 Å². The smallest absolute Gasteiger partial charge is 0.115 e. The summed E-state index contributed by atoms with van der Waals surface area (Å²) in [7, 11) is 0. The van der Waals surface area contributed by atoms with Crippen LogP contribution >= 0.6 is 0 Å². The third-order valence-electron chi connectivity index (χ3n) is 20.8. The average Bonchev–Trinajstić information content (AvgIpc) is 1.56. The minimum atomic E-state index is 0.410. The largest absolute Gasteiger partial charge is 0.309 e. The van der Waals surface area contributed by atoms with Crippen LogP contribution < -0.4 is 0 Å². The molecule has 0 fully saturated rings. The van der Waals surface area contributed by atoms with E-state index in [2.05, 4.69) is 294 Å². The summed E-state index contributed by atoms with van der Waals surface area (Å²) in [4.78, 5) is 26.5. The molecule has 0 unspecified atom stereocenters. The molecule has 0 aliphatic rings. The van der Waals surface area contributed by atoms with E-state index < -0.39 is 0 Å². The summed E-state index contributed by atoms with van der Waals surface area (Å²) in [5.41, 5.74) is 22.1. The molecule has 102 heavy (non-hydrogen) atoms. The van der Waals surface area contributed by atoms with Crippen molar-refractivity contribution in [3.05, 3.63) is 329 Å². The summed E-state index contributed by atoms with van der Waals surface area (Å²) in [6.45, 7) is 0. The molecule has 9 heterocycles. The quantitative estimate of drug-likeness (QED) is 0.142. The van der Waals surface area contributed by atoms with Crippen LogP contribution in [0.5, 0.6) is 0 Å². The Balaban J connectivity index is 0.711. The second-order valence-corrected chi connectivity index (χ2v) is 26.2. The first kappa shape index (κ1) is 53.0. The van der Waals surface area contributed by atoms with Crippen LogP contribution in [0.25, 0.3) is 198 Å². The third-order valence-corrected chi connectivity index (χ3v) is 20.8. The maximum atomic E-state index is 10.3. The van der Waals surface area contributed by atoms with E-state index in [1.54, 1.807) is 0 Å². The maximum absolute atomic E-state index is 10.3. The van der Waals surface area contributed by atoms with Crippen LogP contribution in [-0.2, 0) is 0 Å². The van der Waals surface area contributed by atoms with E-state index in [1.165, 1.54) is 19.0 Å². The van der Waals surface area contributed by atoms with E-state index >= 15 is 0 Å². The lowest BCUT2D eigenvalue weighted by atomic mass is 9.93. The molecule has 12 heteroatoms. The highest BCUT2D eigenvalue weighted by Gasteiger charge is 2.24. The molecule has 0 amide bonds. The molecule has 0 saturated carbocycles. The van der Waals surface area contributed by atoms with Crippen LogP contribution in [0.4, 0.5) is 0 Å². The Morgan fingerprint density at radius 1 is 0.176 bits per heavy atom. The van der Waals surface area contributed by atoms with Gasteiger partial charge in [0.1, 0.15) is 19.0 Å². The van der Waals surface area contributed by atoms with Gasteiger partial charge in [-0.1, -0.05) is 146 Å². The van der Waals surface area contributed by atoms with Crippen LogP contribution in [-0.4, -0.2) is 57.3 Å². The van der Waals surface area contributed by atoms with E-state index in [0.29, 0.717) is 18.1 Å². The molecule has 0 spiro atoms. The van der Waals surface area contributed by atoms with Gasteiger partial charge in [0.25, 0.3) is 0 Å². The van der Waals surface area contributed by atoms with E-state index in [4.69, 9.17) is 0 Å².